The number of hydrogen-bond acceptors (Lipinski definition) is 3. The van der Waals surface area contributed by atoms with E-state index < -0.39 is 0 Å². The number of rotatable bonds is 22. The number of halogens is 1. The minimum absolute atomic E-state index is 0. The highest BCUT2D eigenvalue weighted by Crippen LogP contribution is 2.19. The molecule has 0 unspecified atom stereocenters. The number of carbonyl (C=O) groups is 1. The van der Waals surface area contributed by atoms with Gasteiger partial charge in [-0.05, 0) is 49.6 Å². The lowest BCUT2D eigenvalue weighted by atomic mass is 10.0. The molecule has 2 aromatic carbocycles. The topological polar surface area (TPSA) is 33.4 Å². The summed E-state index contributed by atoms with van der Waals surface area (Å²) in [5, 5.41) is 0. The molecular formula is C37H55BrN2O2S. The molecule has 1 amide bonds. The molecule has 43 heavy (non-hydrogen) atoms. The van der Waals surface area contributed by atoms with Crippen LogP contribution in [0.2, 0.25) is 0 Å². The Morgan fingerprint density at radius 3 is 1.81 bits per heavy atom. The summed E-state index contributed by atoms with van der Waals surface area (Å²) < 4.78 is 8.19. The van der Waals surface area contributed by atoms with Gasteiger partial charge in [0.25, 0.3) is 0 Å². The number of aryl methyl sites for hydroxylation is 1. The number of benzene rings is 2. The predicted octanol–water partition coefficient (Wildman–Crippen LogP) is 6.85. The van der Waals surface area contributed by atoms with E-state index in [4.69, 9.17) is 4.74 Å². The van der Waals surface area contributed by atoms with Crippen molar-refractivity contribution in [1.82, 2.24) is 0 Å². The first-order chi connectivity index (χ1) is 20.5. The van der Waals surface area contributed by atoms with Gasteiger partial charge in [-0.1, -0.05) is 126 Å². The van der Waals surface area contributed by atoms with Crippen molar-refractivity contribution >= 4 is 22.9 Å². The second kappa shape index (κ2) is 22.3. The lowest BCUT2D eigenvalue weighted by molar-refractivity contribution is -0.683. The highest BCUT2D eigenvalue weighted by atomic mass is 79.9. The van der Waals surface area contributed by atoms with E-state index in [9.17, 15) is 4.79 Å². The third-order valence-electron chi connectivity index (χ3n) is 8.03. The molecule has 0 atom stereocenters. The number of carbonyl (C=O) groups excluding carboxylic acids is 1. The van der Waals surface area contributed by atoms with Crippen LogP contribution in [0.1, 0.15) is 120 Å². The summed E-state index contributed by atoms with van der Waals surface area (Å²) in [4.78, 5) is 15.6. The van der Waals surface area contributed by atoms with Crippen LogP contribution >= 0.6 is 11.3 Å². The molecule has 0 spiro atoms. The summed E-state index contributed by atoms with van der Waals surface area (Å²) in [6.45, 7) is 8.35. The Morgan fingerprint density at radius 2 is 1.30 bits per heavy atom. The SMILES string of the molecule is CCCCCCCCCCCCCCCCOc1ccc(CCN(C(C)=O)c2ccc(C[n+]3csc(C)c3)cc2)cc1.[Br-]. The van der Waals surface area contributed by atoms with Crippen molar-refractivity contribution in [3.05, 3.63) is 76.2 Å². The maximum atomic E-state index is 12.4. The minimum Gasteiger partial charge on any atom is -1.00 e. The van der Waals surface area contributed by atoms with Crippen LogP contribution in [-0.4, -0.2) is 19.1 Å². The van der Waals surface area contributed by atoms with Gasteiger partial charge in [0.05, 0.1) is 11.5 Å². The third kappa shape index (κ3) is 15.4. The highest BCUT2D eigenvalue weighted by molar-refractivity contribution is 7.09. The summed E-state index contributed by atoms with van der Waals surface area (Å²) in [6, 6.07) is 16.7. The monoisotopic (exact) mass is 670 g/mol. The molecule has 0 bridgehead atoms. The molecule has 3 aromatic rings. The zero-order valence-corrected chi connectivity index (χ0v) is 29.4. The van der Waals surface area contributed by atoms with Crippen LogP contribution < -0.4 is 31.2 Å². The molecular weight excluding hydrogens is 616 g/mol. The van der Waals surface area contributed by atoms with Crippen LogP contribution in [0.25, 0.3) is 0 Å². The van der Waals surface area contributed by atoms with Gasteiger partial charge in [-0.3, -0.25) is 4.79 Å². The fraction of sp³-hybridized carbons (Fsp3) is 0.568. The molecule has 3 rings (SSSR count). The minimum atomic E-state index is 0. The van der Waals surface area contributed by atoms with Crippen LogP contribution in [0.4, 0.5) is 5.69 Å². The van der Waals surface area contributed by atoms with Gasteiger partial charge in [0.15, 0.2) is 12.7 Å². The van der Waals surface area contributed by atoms with Gasteiger partial charge in [0.2, 0.25) is 11.4 Å². The van der Waals surface area contributed by atoms with E-state index in [-0.39, 0.29) is 22.9 Å². The summed E-state index contributed by atoms with van der Waals surface area (Å²) in [6.07, 6.45) is 22.2. The molecule has 6 heteroatoms. The van der Waals surface area contributed by atoms with E-state index in [1.807, 2.05) is 4.90 Å². The second-order valence-electron chi connectivity index (χ2n) is 11.8. The summed E-state index contributed by atoms with van der Waals surface area (Å²) in [5.74, 6) is 1.00. The zero-order chi connectivity index (χ0) is 29.8. The number of thiazole rings is 1. The van der Waals surface area contributed by atoms with Crippen molar-refractivity contribution in [3.8, 4) is 5.75 Å². The molecule has 238 valence electrons. The van der Waals surface area contributed by atoms with Crippen molar-refractivity contribution in [1.29, 1.82) is 0 Å². The van der Waals surface area contributed by atoms with E-state index in [2.05, 4.69) is 78.7 Å². The summed E-state index contributed by atoms with van der Waals surface area (Å²) in [5.41, 5.74) is 5.54. The zero-order valence-electron chi connectivity index (χ0n) is 27.0. The normalized spacial score (nSPS) is 10.9. The van der Waals surface area contributed by atoms with Gasteiger partial charge in [-0.2, -0.15) is 4.57 Å². The summed E-state index contributed by atoms with van der Waals surface area (Å²) in [7, 11) is 0. The van der Waals surface area contributed by atoms with Gasteiger partial charge in [0.1, 0.15) is 5.75 Å². The van der Waals surface area contributed by atoms with Crippen molar-refractivity contribution in [2.45, 2.75) is 124 Å². The molecule has 0 aliphatic heterocycles. The highest BCUT2D eigenvalue weighted by Gasteiger charge is 2.13. The Labute approximate surface area is 276 Å². The average molecular weight is 672 g/mol. The molecule has 0 radical (unpaired) electrons. The lowest BCUT2D eigenvalue weighted by Gasteiger charge is -2.21. The molecule has 0 aliphatic carbocycles. The fourth-order valence-electron chi connectivity index (χ4n) is 5.47. The quantitative estimate of drug-likeness (QED) is 0.0865. The number of hydrogen-bond donors (Lipinski definition) is 0. The van der Waals surface area contributed by atoms with E-state index in [1.54, 1.807) is 18.3 Å². The Bertz CT molecular complexity index is 1130. The third-order valence-corrected chi connectivity index (χ3v) is 8.88. The Kier molecular flexibility index (Phi) is 19.2. The second-order valence-corrected chi connectivity index (χ2v) is 12.9. The van der Waals surface area contributed by atoms with E-state index in [0.29, 0.717) is 6.54 Å². The number of ether oxygens (including phenoxy) is 1. The molecule has 0 saturated carbocycles. The van der Waals surface area contributed by atoms with Crippen LogP contribution in [0.3, 0.4) is 0 Å². The van der Waals surface area contributed by atoms with Gasteiger partial charge in [0, 0.05) is 24.7 Å². The Hall–Kier alpha value is -2.18. The van der Waals surface area contributed by atoms with Crippen LogP contribution in [0.5, 0.6) is 5.75 Å². The average Bonchev–Trinajstić information content (AvgIpc) is 3.40. The van der Waals surface area contributed by atoms with E-state index in [1.165, 1.54) is 99.5 Å². The Morgan fingerprint density at radius 1 is 0.767 bits per heavy atom. The van der Waals surface area contributed by atoms with Gasteiger partial charge >= 0.3 is 0 Å². The first kappa shape index (κ1) is 37.0. The van der Waals surface area contributed by atoms with Gasteiger partial charge in [-0.15, -0.1) is 0 Å². The van der Waals surface area contributed by atoms with Crippen molar-refractivity contribution in [2.24, 2.45) is 0 Å². The molecule has 0 fully saturated rings. The van der Waals surface area contributed by atoms with Gasteiger partial charge < -0.3 is 26.6 Å². The summed E-state index contributed by atoms with van der Waals surface area (Å²) >= 11 is 1.75. The standard InChI is InChI=1S/C37H55N2O2S.BrH/c1-4-5-6-7-8-9-10-11-12-13-14-15-16-17-28-41-37-24-20-34(21-25-37)26-27-39(33(3)40)36-22-18-35(19-23-36)30-38-29-32(2)42-31-38;/h18-25,29,31H,4-17,26-28,30H2,1-3H3;1H/q+1;/p-1. The van der Waals surface area contributed by atoms with E-state index in [0.717, 1.165) is 37.4 Å². The maximum absolute atomic E-state index is 12.4. The largest absolute Gasteiger partial charge is 1.00 e. The van der Waals surface area contributed by atoms with E-state index >= 15 is 0 Å². The van der Waals surface area contributed by atoms with Crippen LogP contribution in [0, 0.1) is 6.92 Å². The first-order valence-electron chi connectivity index (χ1n) is 16.6. The Balaban J connectivity index is 0.00000645. The van der Waals surface area contributed by atoms with Crippen molar-refractivity contribution < 1.29 is 31.1 Å². The molecule has 0 N–H and O–H groups in total. The number of unbranched alkanes of at least 4 members (excludes halogenated alkanes) is 13. The molecule has 1 aromatic heterocycles. The number of aromatic nitrogens is 1. The van der Waals surface area contributed by atoms with Gasteiger partial charge in [-0.25, -0.2) is 0 Å². The number of anilines is 1. The maximum Gasteiger partial charge on any atom is 0.225 e. The number of amides is 1. The smallest absolute Gasteiger partial charge is 0.225 e. The van der Waals surface area contributed by atoms with Crippen molar-refractivity contribution in [2.75, 3.05) is 18.1 Å². The predicted molar refractivity (Wildman–Crippen MR) is 179 cm³/mol. The number of nitrogens with zero attached hydrogens (tertiary/aromatic N) is 2. The molecule has 4 nitrogen and oxygen atoms in total. The molecule has 0 aliphatic rings. The fourth-order valence-corrected chi connectivity index (χ4v) is 6.10. The first-order valence-corrected chi connectivity index (χ1v) is 17.5. The van der Waals surface area contributed by atoms with Crippen molar-refractivity contribution in [3.63, 3.8) is 0 Å². The van der Waals surface area contributed by atoms with Crippen LogP contribution in [-0.2, 0) is 17.8 Å². The molecule has 1 heterocycles. The molecule has 0 saturated heterocycles. The lowest BCUT2D eigenvalue weighted by Crippen LogP contribution is -3.00. The van der Waals surface area contributed by atoms with Crippen LogP contribution in [0.15, 0.2) is 60.2 Å².